The smallest absolute Gasteiger partial charge is 0.328 e. The number of hydrogen-bond acceptors (Lipinski definition) is 5. The molecule has 0 spiro atoms. The Hall–Kier alpha value is -2.87. The molecule has 0 saturated heterocycles. The number of aromatic nitrogens is 2. The first-order valence-corrected chi connectivity index (χ1v) is 7.13. The maximum absolute atomic E-state index is 9.55. The van der Waals surface area contributed by atoms with E-state index in [9.17, 15) is 9.59 Å². The summed E-state index contributed by atoms with van der Waals surface area (Å²) in [6.07, 6.45) is 1.90. The average molecular weight is 335 g/mol. The van der Waals surface area contributed by atoms with Crippen LogP contribution in [0.3, 0.4) is 0 Å². The first kappa shape index (κ1) is 19.2. The molecule has 1 atom stereocenters. The van der Waals surface area contributed by atoms with Crippen LogP contribution in [-0.4, -0.2) is 45.1 Å². The van der Waals surface area contributed by atoms with Gasteiger partial charge in [0.05, 0.1) is 18.3 Å². The summed E-state index contributed by atoms with van der Waals surface area (Å²) in [6, 6.07) is 6.09. The molecule has 130 valence electrons. The van der Waals surface area contributed by atoms with E-state index in [1.807, 2.05) is 36.9 Å². The van der Waals surface area contributed by atoms with E-state index in [2.05, 4.69) is 5.10 Å². The molecule has 1 aromatic carbocycles. The number of nitrogens with zero attached hydrogens (tertiary/aromatic N) is 2. The molecule has 0 radical (unpaired) electrons. The highest BCUT2D eigenvalue weighted by molar-refractivity contribution is 5.89. The van der Waals surface area contributed by atoms with Gasteiger partial charge in [-0.15, -0.1) is 0 Å². The van der Waals surface area contributed by atoms with Gasteiger partial charge in [0.2, 0.25) is 0 Å². The van der Waals surface area contributed by atoms with E-state index in [1.165, 1.54) is 0 Å². The lowest BCUT2D eigenvalue weighted by molar-refractivity contribution is -0.134. The SMILES string of the molecule is COc1ccc2c(c1)c(CC(C)N)nn2C.O=C(O)/C=C/C(=O)O. The van der Waals surface area contributed by atoms with E-state index in [0.717, 1.165) is 28.8 Å². The number of benzene rings is 1. The molecule has 0 bridgehead atoms. The first-order valence-electron chi connectivity index (χ1n) is 7.13. The summed E-state index contributed by atoms with van der Waals surface area (Å²) in [5.74, 6) is -1.66. The maximum Gasteiger partial charge on any atom is 0.328 e. The Bertz CT molecular complexity index is 733. The molecule has 4 N–H and O–H groups in total. The molecule has 0 aliphatic heterocycles. The average Bonchev–Trinajstić information content (AvgIpc) is 2.81. The standard InChI is InChI=1S/C12H17N3O.C4H4O4/c1-8(13)6-11-10-7-9(16-3)4-5-12(10)15(2)14-11;5-3(6)1-2-4(7)8/h4-5,7-8H,6,13H2,1-3H3;1-2H,(H,5,6)(H,7,8)/b;2-1+. The zero-order chi connectivity index (χ0) is 18.3. The van der Waals surface area contributed by atoms with E-state index in [1.54, 1.807) is 7.11 Å². The number of carboxylic acid groups (broad SMARTS) is 2. The third kappa shape index (κ3) is 5.73. The molecule has 0 fully saturated rings. The highest BCUT2D eigenvalue weighted by Crippen LogP contribution is 2.24. The molecule has 2 rings (SSSR count). The van der Waals surface area contributed by atoms with Gasteiger partial charge < -0.3 is 20.7 Å². The normalized spacial score (nSPS) is 11.8. The Labute approximate surface area is 139 Å². The highest BCUT2D eigenvalue weighted by atomic mass is 16.5. The fourth-order valence-corrected chi connectivity index (χ4v) is 2.04. The lowest BCUT2D eigenvalue weighted by Crippen LogP contribution is -2.18. The maximum atomic E-state index is 9.55. The minimum absolute atomic E-state index is 0.115. The van der Waals surface area contributed by atoms with Crippen molar-refractivity contribution in [2.24, 2.45) is 12.8 Å². The van der Waals surface area contributed by atoms with Crippen LogP contribution >= 0.6 is 0 Å². The molecule has 0 saturated carbocycles. The summed E-state index contributed by atoms with van der Waals surface area (Å²) >= 11 is 0. The van der Waals surface area contributed by atoms with E-state index < -0.39 is 11.9 Å². The summed E-state index contributed by atoms with van der Waals surface area (Å²) in [5, 5.41) is 21.2. The molecule has 1 unspecified atom stereocenters. The van der Waals surface area contributed by atoms with E-state index in [4.69, 9.17) is 20.7 Å². The van der Waals surface area contributed by atoms with Gasteiger partial charge in [-0.05, 0) is 25.1 Å². The Morgan fingerprint density at radius 1 is 1.33 bits per heavy atom. The molecule has 2 aromatic rings. The van der Waals surface area contributed by atoms with Gasteiger partial charge in [-0.1, -0.05) is 0 Å². The molecule has 1 heterocycles. The van der Waals surface area contributed by atoms with Crippen molar-refractivity contribution in [2.45, 2.75) is 19.4 Å². The van der Waals surface area contributed by atoms with Crippen molar-refractivity contribution in [3.63, 3.8) is 0 Å². The second kappa shape index (κ2) is 8.68. The number of ether oxygens (including phenoxy) is 1. The van der Waals surface area contributed by atoms with Crippen LogP contribution in [0.1, 0.15) is 12.6 Å². The number of aryl methyl sites for hydroxylation is 1. The number of nitrogens with two attached hydrogens (primary N) is 1. The Morgan fingerprint density at radius 3 is 2.38 bits per heavy atom. The number of fused-ring (bicyclic) bond motifs is 1. The fraction of sp³-hybridized carbons (Fsp3) is 0.312. The molecule has 0 aliphatic carbocycles. The highest BCUT2D eigenvalue weighted by Gasteiger charge is 2.10. The van der Waals surface area contributed by atoms with Crippen molar-refractivity contribution >= 4 is 22.8 Å². The van der Waals surface area contributed by atoms with Crippen LogP contribution in [0.25, 0.3) is 10.9 Å². The molecule has 8 nitrogen and oxygen atoms in total. The number of rotatable bonds is 5. The van der Waals surface area contributed by atoms with E-state index in [-0.39, 0.29) is 6.04 Å². The third-order valence-corrected chi connectivity index (χ3v) is 3.02. The lowest BCUT2D eigenvalue weighted by Gasteiger charge is -2.02. The molecular formula is C16H21N3O5. The molecule has 0 aliphatic rings. The number of hydrogen-bond donors (Lipinski definition) is 3. The number of carbonyl (C=O) groups is 2. The van der Waals surface area contributed by atoms with Crippen LogP contribution in [0.2, 0.25) is 0 Å². The zero-order valence-electron chi connectivity index (χ0n) is 13.8. The van der Waals surface area contributed by atoms with Gasteiger partial charge in [0, 0.05) is 37.0 Å². The predicted molar refractivity (Wildman–Crippen MR) is 89.0 cm³/mol. The summed E-state index contributed by atoms with van der Waals surface area (Å²) in [4.78, 5) is 19.1. The summed E-state index contributed by atoms with van der Waals surface area (Å²) < 4.78 is 7.10. The topological polar surface area (TPSA) is 128 Å². The Morgan fingerprint density at radius 2 is 1.92 bits per heavy atom. The number of methoxy groups -OCH3 is 1. The van der Waals surface area contributed by atoms with Crippen molar-refractivity contribution in [3.05, 3.63) is 36.0 Å². The Kier molecular flexibility index (Phi) is 6.94. The monoisotopic (exact) mass is 335 g/mol. The van der Waals surface area contributed by atoms with Crippen molar-refractivity contribution in [2.75, 3.05) is 7.11 Å². The first-order chi connectivity index (χ1) is 11.2. The van der Waals surface area contributed by atoms with Crippen LogP contribution in [0.5, 0.6) is 5.75 Å². The predicted octanol–water partition coefficient (Wildman–Crippen LogP) is 1.18. The van der Waals surface area contributed by atoms with Crippen LogP contribution in [0, 0.1) is 0 Å². The Balaban J connectivity index is 0.000000307. The van der Waals surface area contributed by atoms with Crippen molar-refractivity contribution in [1.29, 1.82) is 0 Å². The second-order valence-electron chi connectivity index (χ2n) is 5.14. The second-order valence-corrected chi connectivity index (χ2v) is 5.14. The third-order valence-electron chi connectivity index (χ3n) is 3.02. The quantitative estimate of drug-likeness (QED) is 0.700. The molecule has 0 amide bonds. The van der Waals surface area contributed by atoms with Gasteiger partial charge in [-0.3, -0.25) is 4.68 Å². The van der Waals surface area contributed by atoms with Crippen LogP contribution in [0.4, 0.5) is 0 Å². The largest absolute Gasteiger partial charge is 0.497 e. The summed E-state index contributed by atoms with van der Waals surface area (Å²) in [6.45, 7) is 1.99. The van der Waals surface area contributed by atoms with Gasteiger partial charge in [0.15, 0.2) is 0 Å². The van der Waals surface area contributed by atoms with Crippen molar-refractivity contribution in [3.8, 4) is 5.75 Å². The summed E-state index contributed by atoms with van der Waals surface area (Å²) in [5.41, 5.74) is 7.96. The molecular weight excluding hydrogens is 314 g/mol. The number of aliphatic carboxylic acids is 2. The fourth-order valence-electron chi connectivity index (χ4n) is 2.04. The van der Waals surface area contributed by atoms with Gasteiger partial charge in [0.25, 0.3) is 0 Å². The minimum atomic E-state index is -1.26. The number of carboxylic acids is 2. The molecule has 8 heteroatoms. The van der Waals surface area contributed by atoms with Crippen molar-refractivity contribution < 1.29 is 24.5 Å². The van der Waals surface area contributed by atoms with Gasteiger partial charge in [-0.25, -0.2) is 9.59 Å². The lowest BCUT2D eigenvalue weighted by atomic mass is 10.1. The van der Waals surface area contributed by atoms with Gasteiger partial charge >= 0.3 is 11.9 Å². The van der Waals surface area contributed by atoms with Crippen LogP contribution in [-0.2, 0) is 23.1 Å². The van der Waals surface area contributed by atoms with Crippen LogP contribution < -0.4 is 10.5 Å². The molecule has 24 heavy (non-hydrogen) atoms. The van der Waals surface area contributed by atoms with Gasteiger partial charge in [-0.2, -0.15) is 5.10 Å². The van der Waals surface area contributed by atoms with E-state index in [0.29, 0.717) is 12.2 Å². The van der Waals surface area contributed by atoms with Gasteiger partial charge in [0.1, 0.15) is 5.75 Å². The summed E-state index contributed by atoms with van der Waals surface area (Å²) in [7, 11) is 3.61. The zero-order valence-corrected chi connectivity index (χ0v) is 13.8. The minimum Gasteiger partial charge on any atom is -0.497 e. The van der Waals surface area contributed by atoms with Crippen LogP contribution in [0.15, 0.2) is 30.4 Å². The van der Waals surface area contributed by atoms with Crippen molar-refractivity contribution in [1.82, 2.24) is 9.78 Å². The van der Waals surface area contributed by atoms with E-state index >= 15 is 0 Å². The molecule has 1 aromatic heterocycles.